The number of nitrogens with zero attached hydrogens (tertiary/aromatic N) is 3. The van der Waals surface area contributed by atoms with E-state index in [9.17, 15) is 8.42 Å². The third kappa shape index (κ3) is 2.76. The molecule has 0 aliphatic rings. The maximum absolute atomic E-state index is 11.1. The number of benzene rings is 1. The third-order valence-electron chi connectivity index (χ3n) is 1.76. The first-order chi connectivity index (χ1) is 6.55. The van der Waals surface area contributed by atoms with Gasteiger partial charge < -0.3 is 0 Å². The Balaban J connectivity index is 3.01. The zero-order chi connectivity index (χ0) is 10.6. The molecule has 0 amide bonds. The largest absolute Gasteiger partial charge is 0.239 e. The van der Waals surface area contributed by atoms with Gasteiger partial charge in [0.15, 0.2) is 0 Å². The summed E-state index contributed by atoms with van der Waals surface area (Å²) in [6.45, 7) is 1.81. The molecule has 0 radical (unpaired) electrons. The van der Waals surface area contributed by atoms with Crippen molar-refractivity contribution in [2.45, 2.75) is 12.7 Å². The number of azide groups is 1. The molecule has 14 heavy (non-hydrogen) atoms. The van der Waals surface area contributed by atoms with E-state index in [4.69, 9.17) is 5.53 Å². The van der Waals surface area contributed by atoms with Crippen molar-refractivity contribution in [3.05, 3.63) is 45.8 Å². The SMILES string of the molecule is Cc1ccccc1CS(=O)(=O)N=[N+]=[N-]. The average Bonchev–Trinajstić information content (AvgIpc) is 2.08. The Labute approximate surface area is 82.1 Å². The lowest BCUT2D eigenvalue weighted by Gasteiger charge is -2.02. The van der Waals surface area contributed by atoms with Crippen LogP contribution < -0.4 is 0 Å². The predicted octanol–water partition coefficient (Wildman–Crippen LogP) is 2.14. The maximum atomic E-state index is 11.1. The van der Waals surface area contributed by atoms with Crippen molar-refractivity contribution in [2.75, 3.05) is 0 Å². The fraction of sp³-hybridized carbons (Fsp3) is 0.250. The normalized spacial score (nSPS) is 10.6. The zero-order valence-electron chi connectivity index (χ0n) is 7.58. The average molecular weight is 211 g/mol. The van der Waals surface area contributed by atoms with Gasteiger partial charge in [0.2, 0.25) is 10.0 Å². The van der Waals surface area contributed by atoms with E-state index >= 15 is 0 Å². The maximum Gasteiger partial charge on any atom is 0.239 e. The van der Waals surface area contributed by atoms with Gasteiger partial charge >= 0.3 is 0 Å². The van der Waals surface area contributed by atoms with Gasteiger partial charge in [-0.25, -0.2) is 8.42 Å². The molecule has 0 spiro atoms. The highest BCUT2D eigenvalue weighted by Gasteiger charge is 2.10. The molecule has 0 bridgehead atoms. The van der Waals surface area contributed by atoms with E-state index in [2.05, 4.69) is 9.43 Å². The molecule has 0 unspecified atom stereocenters. The molecule has 0 aliphatic carbocycles. The highest BCUT2D eigenvalue weighted by molar-refractivity contribution is 7.89. The van der Waals surface area contributed by atoms with Crippen LogP contribution in [0.15, 0.2) is 28.8 Å². The topological polar surface area (TPSA) is 82.9 Å². The molecule has 0 aromatic heterocycles. The number of hydrogen-bond acceptors (Lipinski definition) is 2. The van der Waals surface area contributed by atoms with Crippen LogP contribution in [-0.4, -0.2) is 8.42 Å². The molecule has 0 aliphatic heterocycles. The van der Waals surface area contributed by atoms with Crippen molar-refractivity contribution in [1.82, 2.24) is 0 Å². The summed E-state index contributed by atoms with van der Waals surface area (Å²) in [5.41, 5.74) is 9.55. The van der Waals surface area contributed by atoms with Gasteiger partial charge in [-0.15, -0.1) is 0 Å². The summed E-state index contributed by atoms with van der Waals surface area (Å²) in [4.78, 5) is 2.27. The van der Waals surface area contributed by atoms with Crippen LogP contribution in [0.3, 0.4) is 0 Å². The van der Waals surface area contributed by atoms with Gasteiger partial charge in [0.1, 0.15) is 0 Å². The van der Waals surface area contributed by atoms with Crippen molar-refractivity contribution in [2.24, 2.45) is 4.52 Å². The second-order valence-corrected chi connectivity index (χ2v) is 4.44. The highest BCUT2D eigenvalue weighted by Crippen LogP contribution is 2.12. The lowest BCUT2D eigenvalue weighted by Crippen LogP contribution is -2.00. The van der Waals surface area contributed by atoms with Gasteiger partial charge in [-0.1, -0.05) is 24.3 Å². The van der Waals surface area contributed by atoms with Crippen LogP contribution in [0, 0.1) is 6.92 Å². The van der Waals surface area contributed by atoms with E-state index in [-0.39, 0.29) is 5.75 Å². The molecular weight excluding hydrogens is 202 g/mol. The summed E-state index contributed by atoms with van der Waals surface area (Å²) in [7, 11) is -3.70. The molecule has 1 rings (SSSR count). The van der Waals surface area contributed by atoms with Crippen LogP contribution in [0.5, 0.6) is 0 Å². The van der Waals surface area contributed by atoms with Crippen molar-refractivity contribution < 1.29 is 8.42 Å². The number of sulfonamides is 1. The molecule has 0 saturated heterocycles. The molecule has 0 saturated carbocycles. The Kier molecular flexibility index (Phi) is 3.11. The molecule has 5 nitrogen and oxygen atoms in total. The third-order valence-corrected chi connectivity index (χ3v) is 2.76. The second kappa shape index (κ2) is 4.13. The van der Waals surface area contributed by atoms with Gasteiger partial charge in [0.05, 0.1) is 5.75 Å². The zero-order valence-corrected chi connectivity index (χ0v) is 8.40. The highest BCUT2D eigenvalue weighted by atomic mass is 32.2. The summed E-state index contributed by atoms with van der Waals surface area (Å²) in [6.07, 6.45) is 0. The van der Waals surface area contributed by atoms with Crippen LogP contribution in [0.25, 0.3) is 10.4 Å². The first-order valence-corrected chi connectivity index (χ1v) is 5.49. The van der Waals surface area contributed by atoms with Gasteiger partial charge in [0, 0.05) is 9.43 Å². The van der Waals surface area contributed by atoms with Gasteiger partial charge in [-0.2, -0.15) is 0 Å². The standard InChI is InChI=1S/C8H9N3O2S/c1-7-4-2-3-5-8(7)6-14(12,13)11-10-9/h2-5H,6H2,1H3. The van der Waals surface area contributed by atoms with E-state index in [0.717, 1.165) is 5.56 Å². The predicted molar refractivity (Wildman–Crippen MR) is 52.9 cm³/mol. The Morgan fingerprint density at radius 2 is 2.07 bits per heavy atom. The smallest absolute Gasteiger partial charge is 0.221 e. The lowest BCUT2D eigenvalue weighted by molar-refractivity contribution is 0.596. The molecule has 0 heterocycles. The number of hydrogen-bond donors (Lipinski definition) is 0. The number of aryl methyl sites for hydroxylation is 1. The van der Waals surface area contributed by atoms with Crippen molar-refractivity contribution >= 4 is 10.0 Å². The van der Waals surface area contributed by atoms with Crippen LogP contribution in [0.2, 0.25) is 0 Å². The van der Waals surface area contributed by atoms with Crippen LogP contribution in [0.1, 0.15) is 11.1 Å². The van der Waals surface area contributed by atoms with Crippen molar-refractivity contribution in [3.8, 4) is 0 Å². The summed E-state index contributed by atoms with van der Waals surface area (Å²) in [5, 5.41) is 0. The van der Waals surface area contributed by atoms with E-state index in [1.54, 1.807) is 25.1 Å². The first-order valence-electron chi connectivity index (χ1n) is 3.89. The second-order valence-electron chi connectivity index (χ2n) is 2.82. The molecule has 0 atom stereocenters. The van der Waals surface area contributed by atoms with Crippen molar-refractivity contribution in [1.29, 1.82) is 0 Å². The quantitative estimate of drug-likeness (QED) is 0.436. The van der Waals surface area contributed by atoms with E-state index in [1.165, 1.54) is 0 Å². The minimum atomic E-state index is -3.70. The minimum Gasteiger partial charge on any atom is -0.221 e. The number of rotatable bonds is 3. The fourth-order valence-electron chi connectivity index (χ4n) is 1.05. The molecule has 0 fully saturated rings. The molecule has 1 aromatic rings. The van der Waals surface area contributed by atoms with E-state index in [0.29, 0.717) is 5.56 Å². The molecule has 6 heteroatoms. The Morgan fingerprint density at radius 3 is 2.64 bits per heavy atom. The monoisotopic (exact) mass is 211 g/mol. The lowest BCUT2D eigenvalue weighted by atomic mass is 10.1. The van der Waals surface area contributed by atoms with Crippen LogP contribution in [-0.2, 0) is 15.8 Å². The minimum absolute atomic E-state index is 0.246. The summed E-state index contributed by atoms with van der Waals surface area (Å²) < 4.78 is 25.0. The molecule has 1 aromatic carbocycles. The van der Waals surface area contributed by atoms with Crippen LogP contribution >= 0.6 is 0 Å². The molecule has 74 valence electrons. The van der Waals surface area contributed by atoms with Crippen molar-refractivity contribution in [3.63, 3.8) is 0 Å². The molecular formula is C8H9N3O2S. The van der Waals surface area contributed by atoms with Gasteiger partial charge in [-0.3, -0.25) is 0 Å². The van der Waals surface area contributed by atoms with E-state index < -0.39 is 10.0 Å². The van der Waals surface area contributed by atoms with Gasteiger partial charge in [0.25, 0.3) is 0 Å². The van der Waals surface area contributed by atoms with Crippen LogP contribution in [0.4, 0.5) is 0 Å². The van der Waals surface area contributed by atoms with Gasteiger partial charge in [-0.05, 0) is 23.6 Å². The summed E-state index contributed by atoms with van der Waals surface area (Å²) in [5.74, 6) is -0.246. The first kappa shape index (κ1) is 10.6. The Bertz CT molecular complexity index is 475. The summed E-state index contributed by atoms with van der Waals surface area (Å²) >= 11 is 0. The van der Waals surface area contributed by atoms with E-state index in [1.807, 2.05) is 6.07 Å². The molecule has 0 N–H and O–H groups in total. The summed E-state index contributed by atoms with van der Waals surface area (Å²) in [6, 6.07) is 7.06. The Morgan fingerprint density at radius 1 is 1.43 bits per heavy atom. The Hall–Kier alpha value is -1.52. The fourth-order valence-corrected chi connectivity index (χ4v) is 1.94.